The summed E-state index contributed by atoms with van der Waals surface area (Å²) in [5, 5.41) is 13.0. The minimum absolute atomic E-state index is 0.0259. The highest BCUT2D eigenvalue weighted by atomic mass is 19.4. The molecule has 0 saturated carbocycles. The van der Waals surface area contributed by atoms with E-state index >= 15 is 0 Å². The Morgan fingerprint density at radius 3 is 2.71 bits per heavy atom. The lowest BCUT2D eigenvalue weighted by Gasteiger charge is -2.23. The maximum Gasteiger partial charge on any atom is 0.389 e. The van der Waals surface area contributed by atoms with Crippen molar-refractivity contribution in [3.8, 4) is 0 Å². The van der Waals surface area contributed by atoms with E-state index in [9.17, 15) is 18.3 Å². The van der Waals surface area contributed by atoms with Crippen molar-refractivity contribution in [1.82, 2.24) is 5.32 Å². The highest BCUT2D eigenvalue weighted by Crippen LogP contribution is 2.23. The van der Waals surface area contributed by atoms with Crippen LogP contribution in [0.2, 0.25) is 0 Å². The molecule has 6 heteroatoms. The zero-order chi connectivity index (χ0) is 12.9. The fourth-order valence-electron chi connectivity index (χ4n) is 1.81. The van der Waals surface area contributed by atoms with E-state index in [1.165, 1.54) is 0 Å². The number of alkyl halides is 3. The Morgan fingerprint density at radius 2 is 2.18 bits per heavy atom. The molecular weight excluding hydrogens is 235 g/mol. The molecule has 102 valence electrons. The highest BCUT2D eigenvalue weighted by Gasteiger charge is 2.32. The van der Waals surface area contributed by atoms with E-state index in [2.05, 4.69) is 5.32 Å². The third-order valence-electron chi connectivity index (χ3n) is 2.96. The predicted octanol–water partition coefficient (Wildman–Crippen LogP) is 1.85. The molecular formula is C11H20F3NO2. The van der Waals surface area contributed by atoms with Gasteiger partial charge in [0.25, 0.3) is 0 Å². The summed E-state index contributed by atoms with van der Waals surface area (Å²) in [5.41, 5.74) is -0.849. The number of rotatable bonds is 6. The largest absolute Gasteiger partial charge is 0.389 e. The van der Waals surface area contributed by atoms with E-state index in [0.717, 1.165) is 0 Å². The molecule has 0 aromatic carbocycles. The number of halogens is 3. The van der Waals surface area contributed by atoms with Crippen LogP contribution in [0.4, 0.5) is 13.2 Å². The van der Waals surface area contributed by atoms with Crippen LogP contribution >= 0.6 is 0 Å². The topological polar surface area (TPSA) is 41.5 Å². The molecule has 17 heavy (non-hydrogen) atoms. The van der Waals surface area contributed by atoms with Gasteiger partial charge in [-0.15, -0.1) is 0 Å². The molecule has 1 aliphatic rings. The van der Waals surface area contributed by atoms with E-state index in [0.29, 0.717) is 32.6 Å². The third-order valence-corrected chi connectivity index (χ3v) is 2.96. The predicted molar refractivity (Wildman–Crippen MR) is 57.8 cm³/mol. The van der Waals surface area contributed by atoms with Crippen molar-refractivity contribution in [3.05, 3.63) is 0 Å². The zero-order valence-corrected chi connectivity index (χ0v) is 10.0. The second kappa shape index (κ2) is 6.02. The van der Waals surface area contributed by atoms with Crippen molar-refractivity contribution < 1.29 is 23.0 Å². The van der Waals surface area contributed by atoms with Gasteiger partial charge in [-0.3, -0.25) is 0 Å². The lowest BCUT2D eigenvalue weighted by Crippen LogP contribution is -2.44. The third kappa shape index (κ3) is 6.24. The number of aliphatic hydroxyl groups is 1. The smallest absolute Gasteiger partial charge is 0.386 e. The normalized spacial score (nSPS) is 27.4. The Labute approximate surface area is 99.3 Å². The quantitative estimate of drug-likeness (QED) is 0.761. The molecule has 0 aromatic heterocycles. The summed E-state index contributed by atoms with van der Waals surface area (Å²) in [5.74, 6) is 0. The first kappa shape index (κ1) is 14.7. The molecule has 0 spiro atoms. The van der Waals surface area contributed by atoms with Gasteiger partial charge in [0, 0.05) is 32.0 Å². The Kier molecular flexibility index (Phi) is 5.22. The number of hydrogen-bond acceptors (Lipinski definition) is 3. The molecule has 1 heterocycles. The summed E-state index contributed by atoms with van der Waals surface area (Å²) in [4.78, 5) is 0. The van der Waals surface area contributed by atoms with Gasteiger partial charge in [-0.25, -0.2) is 0 Å². The summed E-state index contributed by atoms with van der Waals surface area (Å²) in [6, 6.07) is -0.0259. The first-order chi connectivity index (χ1) is 7.81. The van der Waals surface area contributed by atoms with Gasteiger partial charge in [0.15, 0.2) is 0 Å². The van der Waals surface area contributed by atoms with Gasteiger partial charge in [0.2, 0.25) is 0 Å². The van der Waals surface area contributed by atoms with E-state index in [1.807, 2.05) is 6.92 Å². The number of ether oxygens (including phenoxy) is 1. The minimum atomic E-state index is -4.07. The van der Waals surface area contributed by atoms with Crippen LogP contribution in [0.3, 0.4) is 0 Å². The molecule has 2 N–H and O–H groups in total. The SMILES string of the molecule is CC(CCCC(F)(F)F)NCC1(O)CCOC1. The maximum absolute atomic E-state index is 11.9. The van der Waals surface area contributed by atoms with Gasteiger partial charge in [-0.05, 0) is 19.8 Å². The fourth-order valence-corrected chi connectivity index (χ4v) is 1.81. The van der Waals surface area contributed by atoms with Gasteiger partial charge in [0.1, 0.15) is 5.60 Å². The van der Waals surface area contributed by atoms with Crippen LogP contribution < -0.4 is 5.32 Å². The van der Waals surface area contributed by atoms with Crippen molar-refractivity contribution in [3.63, 3.8) is 0 Å². The Balaban J connectivity index is 2.10. The summed E-state index contributed by atoms with van der Waals surface area (Å²) >= 11 is 0. The summed E-state index contributed by atoms with van der Waals surface area (Å²) in [6.45, 7) is 3.05. The summed E-state index contributed by atoms with van der Waals surface area (Å²) in [7, 11) is 0. The molecule has 0 bridgehead atoms. The van der Waals surface area contributed by atoms with Crippen molar-refractivity contribution in [2.75, 3.05) is 19.8 Å². The van der Waals surface area contributed by atoms with Crippen LogP contribution in [0.15, 0.2) is 0 Å². The fraction of sp³-hybridized carbons (Fsp3) is 1.00. The van der Waals surface area contributed by atoms with Crippen molar-refractivity contribution in [2.24, 2.45) is 0 Å². The van der Waals surface area contributed by atoms with Crippen molar-refractivity contribution >= 4 is 0 Å². The number of hydrogen-bond donors (Lipinski definition) is 2. The molecule has 3 nitrogen and oxygen atoms in total. The van der Waals surface area contributed by atoms with Crippen LogP contribution in [-0.2, 0) is 4.74 Å². The van der Waals surface area contributed by atoms with Gasteiger partial charge in [0.05, 0.1) is 6.61 Å². The molecule has 1 saturated heterocycles. The van der Waals surface area contributed by atoms with Gasteiger partial charge in [-0.1, -0.05) is 0 Å². The molecule has 0 aliphatic carbocycles. The first-order valence-electron chi connectivity index (χ1n) is 5.91. The molecule has 2 unspecified atom stereocenters. The van der Waals surface area contributed by atoms with Gasteiger partial charge < -0.3 is 15.2 Å². The molecule has 0 amide bonds. The molecule has 1 rings (SSSR count). The molecule has 1 fully saturated rings. The zero-order valence-electron chi connectivity index (χ0n) is 10.0. The van der Waals surface area contributed by atoms with Crippen molar-refractivity contribution in [1.29, 1.82) is 0 Å². The first-order valence-corrected chi connectivity index (χ1v) is 5.91. The van der Waals surface area contributed by atoms with E-state index < -0.39 is 18.2 Å². The van der Waals surface area contributed by atoms with Gasteiger partial charge >= 0.3 is 6.18 Å². The lowest BCUT2D eigenvalue weighted by atomic mass is 10.0. The summed E-state index contributed by atoms with van der Waals surface area (Å²) in [6.07, 6.45) is -3.66. The second-order valence-electron chi connectivity index (χ2n) is 4.82. The maximum atomic E-state index is 11.9. The Hall–Kier alpha value is -0.330. The Morgan fingerprint density at radius 1 is 1.47 bits per heavy atom. The number of nitrogens with one attached hydrogen (secondary N) is 1. The average Bonchev–Trinajstić information content (AvgIpc) is 2.61. The summed E-state index contributed by atoms with van der Waals surface area (Å²) < 4.78 is 40.8. The monoisotopic (exact) mass is 255 g/mol. The molecule has 1 aliphatic heterocycles. The highest BCUT2D eigenvalue weighted by molar-refractivity contribution is 4.85. The second-order valence-corrected chi connectivity index (χ2v) is 4.82. The van der Waals surface area contributed by atoms with Crippen molar-refractivity contribution in [2.45, 2.75) is 50.4 Å². The standard InChI is InChI=1S/C11H20F3NO2/c1-9(3-2-4-11(12,13)14)15-7-10(16)5-6-17-8-10/h9,15-16H,2-8H2,1H3. The van der Waals surface area contributed by atoms with E-state index in [-0.39, 0.29) is 12.5 Å². The average molecular weight is 255 g/mol. The van der Waals surface area contributed by atoms with Crippen LogP contribution in [0.1, 0.15) is 32.6 Å². The Bertz CT molecular complexity index is 227. The minimum Gasteiger partial charge on any atom is -0.386 e. The van der Waals surface area contributed by atoms with Crippen LogP contribution in [0.5, 0.6) is 0 Å². The van der Waals surface area contributed by atoms with Crippen LogP contribution in [0, 0.1) is 0 Å². The van der Waals surface area contributed by atoms with Gasteiger partial charge in [-0.2, -0.15) is 13.2 Å². The van der Waals surface area contributed by atoms with E-state index in [1.54, 1.807) is 0 Å². The van der Waals surface area contributed by atoms with Crippen LogP contribution in [-0.4, -0.2) is 42.7 Å². The van der Waals surface area contributed by atoms with Crippen LogP contribution in [0.25, 0.3) is 0 Å². The lowest BCUT2D eigenvalue weighted by molar-refractivity contribution is -0.135. The molecule has 0 aromatic rings. The molecule has 0 radical (unpaired) electrons. The van der Waals surface area contributed by atoms with E-state index in [4.69, 9.17) is 4.74 Å². The molecule has 2 atom stereocenters.